The molecule has 3 nitrogen and oxygen atoms in total. The van der Waals surface area contributed by atoms with E-state index in [2.05, 4.69) is 42.1 Å². The van der Waals surface area contributed by atoms with Gasteiger partial charge in [-0.2, -0.15) is 0 Å². The Balaban J connectivity index is 2.33. The van der Waals surface area contributed by atoms with Crippen LogP contribution in [-0.2, 0) is 0 Å². The van der Waals surface area contributed by atoms with Crippen molar-refractivity contribution in [3.63, 3.8) is 0 Å². The van der Waals surface area contributed by atoms with E-state index in [1.54, 1.807) is 12.4 Å². The lowest BCUT2D eigenvalue weighted by Gasteiger charge is -2.25. The average Bonchev–Trinajstić information content (AvgIpc) is 2.28. The van der Waals surface area contributed by atoms with E-state index in [1.165, 1.54) is 0 Å². The average molecular weight is 215 g/mol. The molecule has 0 fully saturated rings. The number of nitrogens with one attached hydrogen (secondary N) is 1. The SMILES string of the molecule is CCC(C)(C)Nc1ccc2nccnc2c1. The van der Waals surface area contributed by atoms with Gasteiger partial charge in [-0.25, -0.2) is 0 Å². The molecule has 1 aromatic carbocycles. The maximum absolute atomic E-state index is 4.30. The van der Waals surface area contributed by atoms with Crippen LogP contribution in [0.4, 0.5) is 5.69 Å². The molecule has 0 spiro atoms. The van der Waals surface area contributed by atoms with E-state index in [1.807, 2.05) is 12.1 Å². The molecule has 0 amide bonds. The zero-order chi connectivity index (χ0) is 11.6. The molecule has 0 aliphatic rings. The molecule has 2 aromatic rings. The van der Waals surface area contributed by atoms with Gasteiger partial charge in [-0.3, -0.25) is 9.97 Å². The number of fused-ring (bicyclic) bond motifs is 1. The second kappa shape index (κ2) is 4.08. The van der Waals surface area contributed by atoms with E-state index < -0.39 is 0 Å². The maximum atomic E-state index is 4.30. The van der Waals surface area contributed by atoms with Crippen molar-refractivity contribution >= 4 is 16.7 Å². The highest BCUT2D eigenvalue weighted by atomic mass is 15.0. The number of hydrogen-bond donors (Lipinski definition) is 1. The lowest BCUT2D eigenvalue weighted by Crippen LogP contribution is -2.29. The van der Waals surface area contributed by atoms with Gasteiger partial charge in [-0.15, -0.1) is 0 Å². The number of anilines is 1. The van der Waals surface area contributed by atoms with Gasteiger partial charge < -0.3 is 5.32 Å². The third-order valence-electron chi connectivity index (χ3n) is 2.84. The number of benzene rings is 1. The van der Waals surface area contributed by atoms with Crippen molar-refractivity contribution in [2.45, 2.75) is 32.7 Å². The van der Waals surface area contributed by atoms with Crippen LogP contribution in [0.25, 0.3) is 11.0 Å². The van der Waals surface area contributed by atoms with Crippen molar-refractivity contribution in [3.05, 3.63) is 30.6 Å². The lowest BCUT2D eigenvalue weighted by atomic mass is 10.0. The minimum atomic E-state index is 0.107. The van der Waals surface area contributed by atoms with Gasteiger partial charge in [-0.1, -0.05) is 6.92 Å². The molecule has 0 aliphatic heterocycles. The Hall–Kier alpha value is -1.64. The standard InChI is InChI=1S/C13H17N3/c1-4-13(2,3)16-10-5-6-11-12(9-10)15-8-7-14-11/h5-9,16H,4H2,1-3H3. The van der Waals surface area contributed by atoms with E-state index in [0.717, 1.165) is 23.1 Å². The zero-order valence-electron chi connectivity index (χ0n) is 9.99. The number of hydrogen-bond acceptors (Lipinski definition) is 3. The van der Waals surface area contributed by atoms with E-state index in [0.29, 0.717) is 0 Å². The second-order valence-corrected chi connectivity index (χ2v) is 4.62. The smallest absolute Gasteiger partial charge is 0.0907 e. The summed E-state index contributed by atoms with van der Waals surface area (Å²) in [6.45, 7) is 6.55. The fourth-order valence-corrected chi connectivity index (χ4v) is 1.52. The first-order valence-electron chi connectivity index (χ1n) is 5.60. The Kier molecular flexibility index (Phi) is 2.77. The molecule has 0 aliphatic carbocycles. The van der Waals surface area contributed by atoms with Crippen LogP contribution in [0.5, 0.6) is 0 Å². The van der Waals surface area contributed by atoms with Gasteiger partial charge >= 0.3 is 0 Å². The highest BCUT2D eigenvalue weighted by molar-refractivity contribution is 5.78. The Morgan fingerprint density at radius 3 is 2.50 bits per heavy atom. The molecule has 0 saturated carbocycles. The van der Waals surface area contributed by atoms with Crippen molar-refractivity contribution in [1.82, 2.24) is 9.97 Å². The monoisotopic (exact) mass is 215 g/mol. The van der Waals surface area contributed by atoms with Crippen molar-refractivity contribution in [1.29, 1.82) is 0 Å². The third-order valence-corrected chi connectivity index (χ3v) is 2.84. The topological polar surface area (TPSA) is 37.8 Å². The summed E-state index contributed by atoms with van der Waals surface area (Å²) in [7, 11) is 0. The van der Waals surface area contributed by atoms with E-state index in [9.17, 15) is 0 Å². The summed E-state index contributed by atoms with van der Waals surface area (Å²) in [5.41, 5.74) is 3.07. The highest BCUT2D eigenvalue weighted by Crippen LogP contribution is 2.20. The normalized spacial score (nSPS) is 11.7. The quantitative estimate of drug-likeness (QED) is 0.854. The van der Waals surface area contributed by atoms with Crippen LogP contribution in [-0.4, -0.2) is 15.5 Å². The van der Waals surface area contributed by atoms with Gasteiger partial charge in [0, 0.05) is 23.6 Å². The molecule has 2 rings (SSSR count). The Morgan fingerprint density at radius 2 is 1.81 bits per heavy atom. The molecular weight excluding hydrogens is 198 g/mol. The van der Waals surface area contributed by atoms with Crippen LogP contribution in [0.2, 0.25) is 0 Å². The van der Waals surface area contributed by atoms with Crippen molar-refractivity contribution in [3.8, 4) is 0 Å². The van der Waals surface area contributed by atoms with Gasteiger partial charge in [-0.05, 0) is 38.5 Å². The first kappa shape index (κ1) is 10.9. The zero-order valence-corrected chi connectivity index (χ0v) is 9.99. The van der Waals surface area contributed by atoms with E-state index >= 15 is 0 Å². The molecule has 0 saturated heterocycles. The van der Waals surface area contributed by atoms with Crippen molar-refractivity contribution < 1.29 is 0 Å². The van der Waals surface area contributed by atoms with Gasteiger partial charge in [0.1, 0.15) is 0 Å². The Bertz CT molecular complexity index is 491. The molecule has 16 heavy (non-hydrogen) atoms. The second-order valence-electron chi connectivity index (χ2n) is 4.62. The number of rotatable bonds is 3. The molecule has 1 aromatic heterocycles. The predicted octanol–water partition coefficient (Wildman–Crippen LogP) is 3.23. The molecular formula is C13H17N3. The molecule has 1 N–H and O–H groups in total. The van der Waals surface area contributed by atoms with Gasteiger partial charge in [0.2, 0.25) is 0 Å². The van der Waals surface area contributed by atoms with Crippen LogP contribution in [0, 0.1) is 0 Å². The van der Waals surface area contributed by atoms with Crippen molar-refractivity contribution in [2.24, 2.45) is 0 Å². The van der Waals surface area contributed by atoms with E-state index in [4.69, 9.17) is 0 Å². The minimum absolute atomic E-state index is 0.107. The van der Waals surface area contributed by atoms with Crippen LogP contribution in [0.15, 0.2) is 30.6 Å². The predicted molar refractivity (Wildman–Crippen MR) is 67.5 cm³/mol. The lowest BCUT2D eigenvalue weighted by molar-refractivity contribution is 0.547. The molecule has 1 heterocycles. The number of nitrogens with zero attached hydrogens (tertiary/aromatic N) is 2. The van der Waals surface area contributed by atoms with Gasteiger partial charge in [0.05, 0.1) is 11.0 Å². The molecule has 0 bridgehead atoms. The van der Waals surface area contributed by atoms with Gasteiger partial charge in [0.15, 0.2) is 0 Å². The summed E-state index contributed by atoms with van der Waals surface area (Å²) in [4.78, 5) is 8.54. The largest absolute Gasteiger partial charge is 0.380 e. The Labute approximate surface area is 95.9 Å². The number of aromatic nitrogens is 2. The minimum Gasteiger partial charge on any atom is -0.380 e. The van der Waals surface area contributed by atoms with Gasteiger partial charge in [0.25, 0.3) is 0 Å². The molecule has 3 heteroatoms. The van der Waals surface area contributed by atoms with Crippen molar-refractivity contribution in [2.75, 3.05) is 5.32 Å². The fourth-order valence-electron chi connectivity index (χ4n) is 1.52. The van der Waals surface area contributed by atoms with E-state index in [-0.39, 0.29) is 5.54 Å². The highest BCUT2D eigenvalue weighted by Gasteiger charge is 2.14. The third kappa shape index (κ3) is 2.30. The molecule has 0 radical (unpaired) electrons. The van der Waals surface area contributed by atoms with Crippen LogP contribution < -0.4 is 5.32 Å². The summed E-state index contributed by atoms with van der Waals surface area (Å²) in [5, 5.41) is 3.49. The summed E-state index contributed by atoms with van der Waals surface area (Å²) < 4.78 is 0. The first-order chi connectivity index (χ1) is 7.61. The molecule has 0 atom stereocenters. The summed E-state index contributed by atoms with van der Waals surface area (Å²) >= 11 is 0. The fraction of sp³-hybridized carbons (Fsp3) is 0.385. The van der Waals surface area contributed by atoms with Crippen LogP contribution in [0.1, 0.15) is 27.2 Å². The Morgan fingerprint density at radius 1 is 1.12 bits per heavy atom. The summed E-state index contributed by atoms with van der Waals surface area (Å²) in [6, 6.07) is 6.09. The van der Waals surface area contributed by atoms with Crippen LogP contribution >= 0.6 is 0 Å². The van der Waals surface area contributed by atoms with Crippen LogP contribution in [0.3, 0.4) is 0 Å². The maximum Gasteiger partial charge on any atom is 0.0907 e. The molecule has 84 valence electrons. The first-order valence-corrected chi connectivity index (χ1v) is 5.60. The summed E-state index contributed by atoms with van der Waals surface area (Å²) in [5.74, 6) is 0. The summed E-state index contributed by atoms with van der Waals surface area (Å²) in [6.07, 6.45) is 4.51. The molecule has 0 unspecified atom stereocenters.